The second-order valence-electron chi connectivity index (χ2n) is 16.2. The number of rotatable bonds is 12. The van der Waals surface area contributed by atoms with Gasteiger partial charge in [-0.1, -0.05) is 53.0 Å². The van der Waals surface area contributed by atoms with Crippen molar-refractivity contribution < 1.29 is 32.4 Å². The molecule has 0 aromatic heterocycles. The highest BCUT2D eigenvalue weighted by Crippen LogP contribution is 2.65. The van der Waals surface area contributed by atoms with E-state index in [1.165, 1.54) is 4.90 Å². The van der Waals surface area contributed by atoms with Crippen LogP contribution >= 0.6 is 0 Å². The summed E-state index contributed by atoms with van der Waals surface area (Å²) in [6.45, 7) is 20.5. The van der Waals surface area contributed by atoms with E-state index in [1.54, 1.807) is 41.5 Å². The molecule has 0 aromatic carbocycles. The number of carbonyl (C=O) groups is 5. The number of sulfone groups is 1. The summed E-state index contributed by atoms with van der Waals surface area (Å²) < 4.78 is 26.1. The molecule has 3 aliphatic carbocycles. The molecule has 13 heteroatoms. The first-order valence-corrected chi connectivity index (χ1v) is 19.1. The molecule has 4 fully saturated rings. The van der Waals surface area contributed by atoms with Crippen LogP contribution in [0.15, 0.2) is 12.2 Å². The Morgan fingerprint density at radius 3 is 2.10 bits per heavy atom. The van der Waals surface area contributed by atoms with E-state index >= 15 is 0 Å². The van der Waals surface area contributed by atoms with Gasteiger partial charge < -0.3 is 26.2 Å². The number of likely N-dealkylation sites (tertiary alicyclic amines) is 1. The van der Waals surface area contributed by atoms with Gasteiger partial charge in [0.15, 0.2) is 9.84 Å². The van der Waals surface area contributed by atoms with Crippen molar-refractivity contribution in [3.05, 3.63) is 12.2 Å². The average Bonchev–Trinajstić information content (AvgIpc) is 3.76. The molecule has 1 heterocycles. The lowest BCUT2D eigenvalue weighted by atomic mass is 9.79. The van der Waals surface area contributed by atoms with Crippen molar-refractivity contribution in [2.24, 2.45) is 23.2 Å². The molecule has 4 rings (SSSR count). The third-order valence-electron chi connectivity index (χ3n) is 11.9. The zero-order chi connectivity index (χ0) is 36.2. The summed E-state index contributed by atoms with van der Waals surface area (Å²) in [6.07, 6.45) is 4.40. The summed E-state index contributed by atoms with van der Waals surface area (Å²) in [5.41, 5.74) is -2.17. The van der Waals surface area contributed by atoms with Crippen LogP contribution in [0.25, 0.3) is 0 Å². The molecule has 0 radical (unpaired) electrons. The zero-order valence-electron chi connectivity index (χ0n) is 30.2. The lowest BCUT2D eigenvalue weighted by Gasteiger charge is -2.44. The molecular weight excluding hydrogens is 634 g/mol. The molecule has 0 unspecified atom stereocenters. The number of likely N-dealkylation sites (N-methyl/N-ethyl adjacent to an activating group) is 1. The maximum Gasteiger partial charge on any atom is 0.316 e. The minimum atomic E-state index is -3.64. The number of amides is 5. The highest BCUT2D eigenvalue weighted by atomic mass is 32.2. The first kappa shape index (κ1) is 37.9. The standard InChI is InChI=1S/C35H57N5O7S/c1-11-22-18-35(22,27(41)29(43)36-12-2)38-28(42)26-24-23(33(24,9)10)19-40(26)30(44)25(20(3)4)37-31(45)39-34(16-14-13-15-17-34)21(5)48(46,47)32(6,7)8/h21-26H,3,11-19H2,1-2,4-10H3,(H,36,43)(H,38,42)(H2,37,39,45)/t21-,22+,23+,24+,25+,26+,35-/m1/s1. The molecule has 5 amide bonds. The Bertz CT molecular complexity index is 1460. The van der Waals surface area contributed by atoms with E-state index in [1.807, 2.05) is 20.8 Å². The molecule has 0 spiro atoms. The van der Waals surface area contributed by atoms with Gasteiger partial charge in [-0.3, -0.25) is 19.2 Å². The molecule has 1 saturated heterocycles. The summed E-state index contributed by atoms with van der Waals surface area (Å²) in [6, 6.07) is -2.75. The van der Waals surface area contributed by atoms with Gasteiger partial charge in [0.25, 0.3) is 5.91 Å². The molecule has 4 aliphatic rings. The van der Waals surface area contributed by atoms with Gasteiger partial charge >= 0.3 is 6.03 Å². The quantitative estimate of drug-likeness (QED) is 0.180. The van der Waals surface area contributed by atoms with Gasteiger partial charge in [-0.2, -0.15) is 0 Å². The van der Waals surface area contributed by atoms with Gasteiger partial charge in [0.2, 0.25) is 17.6 Å². The molecule has 7 atom stereocenters. The third-order valence-corrected chi connectivity index (χ3v) is 15.0. The van der Waals surface area contributed by atoms with E-state index in [2.05, 4.69) is 27.8 Å². The summed E-state index contributed by atoms with van der Waals surface area (Å²) >= 11 is 0. The van der Waals surface area contributed by atoms with E-state index in [9.17, 15) is 32.4 Å². The molecule has 12 nitrogen and oxygen atoms in total. The van der Waals surface area contributed by atoms with Crippen LogP contribution in [-0.2, 0) is 29.0 Å². The lowest BCUT2D eigenvalue weighted by Crippen LogP contribution is -2.64. The van der Waals surface area contributed by atoms with Crippen LogP contribution < -0.4 is 21.3 Å². The largest absolute Gasteiger partial charge is 0.350 e. The predicted molar refractivity (Wildman–Crippen MR) is 183 cm³/mol. The number of fused-ring (bicyclic) bond motifs is 1. The van der Waals surface area contributed by atoms with Gasteiger partial charge in [-0.15, -0.1) is 0 Å². The topological polar surface area (TPSA) is 171 Å². The van der Waals surface area contributed by atoms with Crippen LogP contribution in [0.4, 0.5) is 4.79 Å². The number of ketones is 1. The fourth-order valence-electron chi connectivity index (χ4n) is 8.46. The van der Waals surface area contributed by atoms with E-state index in [0.29, 0.717) is 37.8 Å². The Labute approximate surface area is 286 Å². The average molecular weight is 692 g/mol. The molecule has 3 saturated carbocycles. The van der Waals surface area contributed by atoms with Gasteiger partial charge in [-0.05, 0) is 89.5 Å². The number of nitrogens with one attached hydrogen (secondary N) is 4. The molecule has 4 N–H and O–H groups in total. The normalized spacial score (nSPS) is 29.8. The van der Waals surface area contributed by atoms with Crippen LogP contribution in [0.2, 0.25) is 0 Å². The smallest absolute Gasteiger partial charge is 0.316 e. The fraction of sp³-hybridized carbons (Fsp3) is 0.800. The molecule has 1 aliphatic heterocycles. The van der Waals surface area contributed by atoms with Crippen molar-refractivity contribution >= 4 is 39.4 Å². The maximum absolute atomic E-state index is 14.3. The summed E-state index contributed by atoms with van der Waals surface area (Å²) in [4.78, 5) is 69.3. The molecule has 0 bridgehead atoms. The Hall–Kier alpha value is -2.96. The molecule has 48 heavy (non-hydrogen) atoms. The van der Waals surface area contributed by atoms with Gasteiger partial charge in [0, 0.05) is 13.1 Å². The molecule has 0 aromatic rings. The second-order valence-corrected chi connectivity index (χ2v) is 19.3. The van der Waals surface area contributed by atoms with Gasteiger partial charge in [-0.25, -0.2) is 13.2 Å². The Morgan fingerprint density at radius 2 is 1.60 bits per heavy atom. The number of nitrogens with zero attached hydrogens (tertiary/aromatic N) is 1. The SMILES string of the molecule is C=C(C)[C@H](NC(=O)NC1([C@@H](C)S(=O)(=O)C(C)(C)C)CCCCC1)C(=O)N1C[C@H]2[C@@H]([C@H]1C(=O)N[C@]1(C(=O)C(=O)NCC)C[C@@H]1CC)C2(C)C. The number of piperidine rings is 1. The van der Waals surface area contributed by atoms with Crippen LogP contribution in [0, 0.1) is 23.2 Å². The lowest BCUT2D eigenvalue weighted by molar-refractivity contribution is -0.144. The first-order chi connectivity index (χ1) is 22.1. The Kier molecular flexibility index (Phi) is 10.3. The number of hydrogen-bond acceptors (Lipinski definition) is 7. The van der Waals surface area contributed by atoms with Crippen molar-refractivity contribution in [1.82, 2.24) is 26.2 Å². The van der Waals surface area contributed by atoms with Gasteiger partial charge in [0.1, 0.15) is 17.6 Å². The van der Waals surface area contributed by atoms with Crippen molar-refractivity contribution in [2.45, 2.75) is 140 Å². The van der Waals surface area contributed by atoms with Gasteiger partial charge in [0.05, 0.1) is 15.5 Å². The van der Waals surface area contributed by atoms with Crippen molar-refractivity contribution in [3.63, 3.8) is 0 Å². The monoisotopic (exact) mass is 691 g/mol. The summed E-state index contributed by atoms with van der Waals surface area (Å²) in [5.74, 6) is -2.70. The minimum Gasteiger partial charge on any atom is -0.350 e. The van der Waals surface area contributed by atoms with E-state index in [-0.39, 0.29) is 29.7 Å². The molecule has 270 valence electrons. The summed E-state index contributed by atoms with van der Waals surface area (Å²) in [7, 11) is -3.64. The van der Waals surface area contributed by atoms with Crippen LogP contribution in [0.1, 0.15) is 107 Å². The van der Waals surface area contributed by atoms with E-state index < -0.39 is 72.5 Å². The maximum atomic E-state index is 14.3. The number of hydrogen-bond donors (Lipinski definition) is 4. The fourth-order valence-corrected chi connectivity index (χ4v) is 10.4. The van der Waals surface area contributed by atoms with Crippen LogP contribution in [0.3, 0.4) is 0 Å². The highest BCUT2D eigenvalue weighted by molar-refractivity contribution is 7.93. The Morgan fingerprint density at radius 1 is 1.00 bits per heavy atom. The summed E-state index contributed by atoms with van der Waals surface area (Å²) in [5, 5.41) is 10.4. The van der Waals surface area contributed by atoms with Crippen LogP contribution in [0.5, 0.6) is 0 Å². The first-order valence-electron chi connectivity index (χ1n) is 17.6. The highest BCUT2D eigenvalue weighted by Gasteiger charge is 2.71. The zero-order valence-corrected chi connectivity index (χ0v) is 31.1. The molecular formula is C35H57N5O7S. The van der Waals surface area contributed by atoms with E-state index in [4.69, 9.17) is 0 Å². The van der Waals surface area contributed by atoms with Crippen molar-refractivity contribution in [1.29, 1.82) is 0 Å². The number of carbonyl (C=O) groups excluding carboxylic acids is 5. The third kappa shape index (κ3) is 6.52. The van der Waals surface area contributed by atoms with E-state index in [0.717, 1.165) is 19.3 Å². The second kappa shape index (κ2) is 13.1. The predicted octanol–water partition coefficient (Wildman–Crippen LogP) is 3.01. The minimum absolute atomic E-state index is 0.0435. The van der Waals surface area contributed by atoms with Crippen molar-refractivity contribution in [3.8, 4) is 0 Å². The number of Topliss-reactive ketones (excluding diaryl/α,β-unsaturated/α-hetero) is 1. The van der Waals surface area contributed by atoms with Crippen LogP contribution in [-0.4, -0.2) is 89.1 Å². The van der Waals surface area contributed by atoms with Crippen molar-refractivity contribution in [2.75, 3.05) is 13.1 Å². The number of urea groups is 1. The Balaban J connectivity index is 1.56.